The number of aliphatic carboxylic acids is 1. The topological polar surface area (TPSA) is 107 Å². The number of aliphatic hydroxyl groups is 3. The Balaban J connectivity index is 2.16. The van der Waals surface area contributed by atoms with Crippen LogP contribution < -0.4 is 0 Å². The first-order valence-corrected chi connectivity index (χ1v) is 9.98. The molecule has 4 N–H and O–H groups in total. The van der Waals surface area contributed by atoms with E-state index in [0.717, 1.165) is 12.8 Å². The molecule has 0 saturated carbocycles. The number of ether oxygens (including phenoxy) is 1. The highest BCUT2D eigenvalue weighted by Crippen LogP contribution is 2.25. The Kier molecular flexibility index (Phi) is 12.4. The van der Waals surface area contributed by atoms with Gasteiger partial charge >= 0.3 is 5.97 Å². The molecule has 0 aromatic carbocycles. The van der Waals surface area contributed by atoms with Crippen molar-refractivity contribution in [3.63, 3.8) is 0 Å². The number of carboxylic acid groups (broad SMARTS) is 1. The summed E-state index contributed by atoms with van der Waals surface area (Å²) in [6, 6.07) is 0. The van der Waals surface area contributed by atoms with Gasteiger partial charge < -0.3 is 25.2 Å². The van der Waals surface area contributed by atoms with E-state index in [-0.39, 0.29) is 12.5 Å². The zero-order chi connectivity index (χ0) is 20.8. The van der Waals surface area contributed by atoms with Gasteiger partial charge in [-0.2, -0.15) is 0 Å². The minimum absolute atomic E-state index is 0.158. The fourth-order valence-electron chi connectivity index (χ4n) is 2.90. The largest absolute Gasteiger partial charge is 0.481 e. The lowest BCUT2D eigenvalue weighted by atomic mass is 10.1. The molecule has 6 nitrogen and oxygen atoms in total. The van der Waals surface area contributed by atoms with Gasteiger partial charge in [0.25, 0.3) is 0 Å². The first-order valence-electron chi connectivity index (χ1n) is 9.98. The number of carbonyl (C=O) groups is 1. The molecule has 1 fully saturated rings. The molecule has 1 rings (SSSR count). The second-order valence-electron chi connectivity index (χ2n) is 6.92. The second-order valence-corrected chi connectivity index (χ2v) is 6.92. The molecule has 158 valence electrons. The van der Waals surface area contributed by atoms with Gasteiger partial charge in [0.1, 0.15) is 0 Å². The number of carboxylic acids is 1. The molecule has 0 aromatic rings. The van der Waals surface area contributed by atoms with Crippen molar-refractivity contribution in [2.45, 2.75) is 82.4 Å². The van der Waals surface area contributed by atoms with Crippen LogP contribution in [0.25, 0.3) is 0 Å². The van der Waals surface area contributed by atoms with Crippen molar-refractivity contribution in [3.05, 3.63) is 48.6 Å². The molecule has 0 bridgehead atoms. The van der Waals surface area contributed by atoms with E-state index in [9.17, 15) is 20.1 Å². The minimum atomic E-state index is -0.837. The van der Waals surface area contributed by atoms with Crippen molar-refractivity contribution >= 4 is 5.97 Å². The highest BCUT2D eigenvalue weighted by molar-refractivity contribution is 5.66. The molecule has 5 atom stereocenters. The molecule has 1 aliphatic heterocycles. The third kappa shape index (κ3) is 10.6. The van der Waals surface area contributed by atoms with E-state index in [2.05, 4.69) is 0 Å². The molecule has 0 unspecified atom stereocenters. The van der Waals surface area contributed by atoms with Gasteiger partial charge in [-0.1, -0.05) is 55.5 Å². The molecule has 0 radical (unpaired) electrons. The average molecular weight is 395 g/mol. The van der Waals surface area contributed by atoms with Gasteiger partial charge in [-0.15, -0.1) is 0 Å². The Morgan fingerprint density at radius 1 is 1.07 bits per heavy atom. The first kappa shape index (κ1) is 24.3. The van der Waals surface area contributed by atoms with Crippen LogP contribution >= 0.6 is 0 Å². The smallest absolute Gasteiger partial charge is 0.303 e. The molecule has 0 spiro atoms. The van der Waals surface area contributed by atoms with E-state index in [1.807, 2.05) is 43.4 Å². The van der Waals surface area contributed by atoms with E-state index in [1.165, 1.54) is 6.08 Å². The third-order valence-electron chi connectivity index (χ3n) is 4.51. The Morgan fingerprint density at radius 3 is 2.32 bits per heavy atom. The molecule has 0 aliphatic carbocycles. The van der Waals surface area contributed by atoms with Crippen LogP contribution in [-0.4, -0.2) is 56.9 Å². The molecular weight excluding hydrogens is 360 g/mol. The predicted octanol–water partition coefficient (Wildman–Crippen LogP) is 2.90. The van der Waals surface area contributed by atoms with Gasteiger partial charge in [0, 0.05) is 12.8 Å². The summed E-state index contributed by atoms with van der Waals surface area (Å²) in [6.45, 7) is 1.93. The summed E-state index contributed by atoms with van der Waals surface area (Å²) in [5.41, 5.74) is 0. The van der Waals surface area contributed by atoms with Crippen molar-refractivity contribution in [1.29, 1.82) is 0 Å². The standard InChI is InChI=1S/C22H34O6/c1-2-20-19(25)16-21(28-20)18(24)15-14-17(23)12-10-8-6-4-3-5-7-9-11-13-22(26)27/h3-4,7-10,14-15,17-21,23-25H,2,5-6,11-13,16H2,1H3,(H,26,27)/b4-3-,9-7-,10-8-,15-14+/t17-,18-,19-,20-,21-/m0/s1. The molecule has 28 heavy (non-hydrogen) atoms. The Labute approximate surface area is 167 Å². The highest BCUT2D eigenvalue weighted by atomic mass is 16.5. The monoisotopic (exact) mass is 394 g/mol. The van der Waals surface area contributed by atoms with Crippen molar-refractivity contribution in [2.24, 2.45) is 0 Å². The van der Waals surface area contributed by atoms with Gasteiger partial charge in [-0.05, 0) is 32.1 Å². The van der Waals surface area contributed by atoms with Crippen LogP contribution in [0.15, 0.2) is 48.6 Å². The quantitative estimate of drug-likeness (QED) is 0.358. The van der Waals surface area contributed by atoms with Crippen LogP contribution in [0.1, 0.15) is 51.9 Å². The Bertz CT molecular complexity index is 551. The van der Waals surface area contributed by atoms with Gasteiger partial charge in [0.15, 0.2) is 0 Å². The number of hydrogen-bond acceptors (Lipinski definition) is 5. The summed E-state index contributed by atoms with van der Waals surface area (Å²) >= 11 is 0. The SMILES string of the molecule is CC[C@@H]1O[C@H]([C@@H](O)/C=C/[C@@H](O)C/C=C\C/C=C\C/C=C\CCC(=O)O)C[C@@H]1O. The van der Waals surface area contributed by atoms with Crippen molar-refractivity contribution in [3.8, 4) is 0 Å². The summed E-state index contributed by atoms with van der Waals surface area (Å²) < 4.78 is 5.61. The molecule has 1 aliphatic rings. The number of aliphatic hydroxyl groups excluding tert-OH is 3. The van der Waals surface area contributed by atoms with Crippen molar-refractivity contribution in [1.82, 2.24) is 0 Å². The predicted molar refractivity (Wildman–Crippen MR) is 109 cm³/mol. The third-order valence-corrected chi connectivity index (χ3v) is 4.51. The fraction of sp³-hybridized carbons (Fsp3) is 0.591. The first-order chi connectivity index (χ1) is 13.4. The molecule has 0 amide bonds. The zero-order valence-electron chi connectivity index (χ0n) is 16.6. The normalized spacial score (nSPS) is 25.5. The summed E-state index contributed by atoms with van der Waals surface area (Å²) in [4.78, 5) is 10.3. The van der Waals surface area contributed by atoms with E-state index < -0.39 is 30.4 Å². The van der Waals surface area contributed by atoms with Gasteiger partial charge in [0.2, 0.25) is 0 Å². The highest BCUT2D eigenvalue weighted by Gasteiger charge is 2.35. The lowest BCUT2D eigenvalue weighted by Crippen LogP contribution is -2.24. The van der Waals surface area contributed by atoms with Gasteiger partial charge in [0.05, 0.1) is 30.5 Å². The number of allylic oxidation sites excluding steroid dienone is 5. The second kappa shape index (κ2) is 14.3. The molecule has 6 heteroatoms. The van der Waals surface area contributed by atoms with E-state index >= 15 is 0 Å². The molecular formula is C22H34O6. The van der Waals surface area contributed by atoms with E-state index in [0.29, 0.717) is 25.7 Å². The summed E-state index contributed by atoms with van der Waals surface area (Å²) in [5.74, 6) is -0.785. The summed E-state index contributed by atoms with van der Waals surface area (Å²) in [7, 11) is 0. The maximum absolute atomic E-state index is 10.3. The van der Waals surface area contributed by atoms with Crippen LogP contribution in [0.5, 0.6) is 0 Å². The zero-order valence-corrected chi connectivity index (χ0v) is 16.6. The minimum Gasteiger partial charge on any atom is -0.481 e. The summed E-state index contributed by atoms with van der Waals surface area (Å²) in [5, 5.41) is 38.4. The molecule has 1 heterocycles. The van der Waals surface area contributed by atoms with Gasteiger partial charge in [-0.25, -0.2) is 0 Å². The number of rotatable bonds is 13. The van der Waals surface area contributed by atoms with Crippen LogP contribution in [0.3, 0.4) is 0 Å². The van der Waals surface area contributed by atoms with Crippen LogP contribution in [0.2, 0.25) is 0 Å². The fourth-order valence-corrected chi connectivity index (χ4v) is 2.90. The van der Waals surface area contributed by atoms with Gasteiger partial charge in [-0.3, -0.25) is 4.79 Å². The Hall–Kier alpha value is -1.73. The van der Waals surface area contributed by atoms with Crippen LogP contribution in [0.4, 0.5) is 0 Å². The van der Waals surface area contributed by atoms with Crippen LogP contribution in [-0.2, 0) is 9.53 Å². The maximum Gasteiger partial charge on any atom is 0.303 e. The molecule has 1 saturated heterocycles. The number of hydrogen-bond donors (Lipinski definition) is 4. The van der Waals surface area contributed by atoms with E-state index in [1.54, 1.807) is 6.08 Å². The van der Waals surface area contributed by atoms with Crippen molar-refractivity contribution < 1.29 is 30.0 Å². The lowest BCUT2D eigenvalue weighted by molar-refractivity contribution is -0.136. The summed E-state index contributed by atoms with van der Waals surface area (Å²) in [6.07, 6.45) is 15.9. The Morgan fingerprint density at radius 2 is 1.71 bits per heavy atom. The van der Waals surface area contributed by atoms with Crippen molar-refractivity contribution in [2.75, 3.05) is 0 Å². The maximum atomic E-state index is 10.3. The molecule has 0 aromatic heterocycles. The van der Waals surface area contributed by atoms with Crippen LogP contribution in [0, 0.1) is 0 Å². The lowest BCUT2D eigenvalue weighted by Gasteiger charge is -2.16. The average Bonchev–Trinajstić information content (AvgIpc) is 3.04. The van der Waals surface area contributed by atoms with E-state index in [4.69, 9.17) is 9.84 Å².